The number of anilines is 1. The molecule has 2 rings (SSSR count). The molecule has 0 fully saturated rings. The van der Waals surface area contributed by atoms with Gasteiger partial charge >= 0.3 is 12.0 Å². The lowest BCUT2D eigenvalue weighted by molar-refractivity contribution is -0.389. The molecule has 0 bridgehead atoms. The second-order valence-corrected chi connectivity index (χ2v) is 4.21. The van der Waals surface area contributed by atoms with Crippen LogP contribution >= 0.6 is 0 Å². The van der Waals surface area contributed by atoms with Gasteiger partial charge in [-0.2, -0.15) is 18.3 Å². The first-order valence-corrected chi connectivity index (χ1v) is 5.93. The van der Waals surface area contributed by atoms with Crippen LogP contribution in [0.15, 0.2) is 18.5 Å². The lowest BCUT2D eigenvalue weighted by atomic mass is 10.4. The van der Waals surface area contributed by atoms with Crippen molar-refractivity contribution < 1.29 is 27.6 Å². The Morgan fingerprint density at radius 2 is 2.26 bits per heavy atom. The minimum Gasteiger partial charge on any atom is -0.358 e. The smallest absolute Gasteiger partial charge is 0.358 e. The molecule has 2 heterocycles. The number of hydrogen-bond donors (Lipinski definition) is 2. The fourth-order valence-electron chi connectivity index (χ4n) is 1.47. The first-order chi connectivity index (χ1) is 10.7. The van der Waals surface area contributed by atoms with Gasteiger partial charge in [0.1, 0.15) is 13.3 Å². The standard InChI is InChI=1S/C10H9F3N6O4/c11-10(12,13)4-23-5-18-3-6(2-14-18)15-9(20)7-1-8(17-16-7)19(21)22/h1-3H,4-5H2,(H,15,20)(H,16,17). The van der Waals surface area contributed by atoms with Crippen LogP contribution in [0.5, 0.6) is 0 Å². The van der Waals surface area contributed by atoms with Crippen LogP contribution < -0.4 is 5.32 Å². The number of hydrogen-bond acceptors (Lipinski definition) is 6. The Balaban J connectivity index is 1.90. The van der Waals surface area contributed by atoms with Gasteiger partial charge in [-0.05, 0) is 4.92 Å². The van der Waals surface area contributed by atoms with E-state index in [0.717, 1.165) is 10.7 Å². The molecule has 0 radical (unpaired) electrons. The van der Waals surface area contributed by atoms with Crippen molar-refractivity contribution in [3.63, 3.8) is 0 Å². The molecule has 23 heavy (non-hydrogen) atoms. The molecule has 124 valence electrons. The Bertz CT molecular complexity index is 710. The SMILES string of the molecule is O=C(Nc1cnn(COCC(F)(F)F)c1)c1cc([N+](=O)[O-])[nH]n1. The van der Waals surface area contributed by atoms with E-state index in [-0.39, 0.29) is 11.4 Å². The highest BCUT2D eigenvalue weighted by Crippen LogP contribution is 2.15. The predicted octanol–water partition coefficient (Wildman–Crippen LogP) is 1.30. The second-order valence-electron chi connectivity index (χ2n) is 4.21. The number of aromatic amines is 1. The van der Waals surface area contributed by atoms with E-state index in [0.29, 0.717) is 0 Å². The van der Waals surface area contributed by atoms with E-state index in [4.69, 9.17) is 0 Å². The first-order valence-electron chi connectivity index (χ1n) is 5.93. The molecule has 0 unspecified atom stereocenters. The number of alkyl halides is 3. The molecular weight excluding hydrogens is 325 g/mol. The minimum atomic E-state index is -4.45. The van der Waals surface area contributed by atoms with Gasteiger partial charge in [0.05, 0.1) is 24.1 Å². The van der Waals surface area contributed by atoms with Crippen molar-refractivity contribution in [2.24, 2.45) is 0 Å². The largest absolute Gasteiger partial charge is 0.411 e. The van der Waals surface area contributed by atoms with Gasteiger partial charge in [-0.1, -0.05) is 5.10 Å². The zero-order valence-corrected chi connectivity index (χ0v) is 11.2. The number of carbonyl (C=O) groups excluding carboxylic acids is 1. The highest BCUT2D eigenvalue weighted by atomic mass is 19.4. The quantitative estimate of drug-likeness (QED) is 0.605. The van der Waals surface area contributed by atoms with Crippen LogP contribution in [-0.2, 0) is 11.5 Å². The third-order valence-corrected chi connectivity index (χ3v) is 2.37. The number of amides is 1. The molecular formula is C10H9F3N6O4. The molecule has 2 aromatic heterocycles. The Labute approximate surface area is 125 Å². The maximum Gasteiger partial charge on any atom is 0.411 e. The van der Waals surface area contributed by atoms with Crippen molar-refractivity contribution in [3.8, 4) is 0 Å². The molecule has 0 saturated heterocycles. The monoisotopic (exact) mass is 334 g/mol. The van der Waals surface area contributed by atoms with Gasteiger partial charge < -0.3 is 20.2 Å². The summed E-state index contributed by atoms with van der Waals surface area (Å²) in [6.07, 6.45) is -2.04. The topological polar surface area (TPSA) is 128 Å². The summed E-state index contributed by atoms with van der Waals surface area (Å²) in [7, 11) is 0. The van der Waals surface area contributed by atoms with Gasteiger partial charge in [0, 0.05) is 0 Å². The molecule has 1 amide bonds. The summed E-state index contributed by atoms with van der Waals surface area (Å²) in [5, 5.41) is 22.0. The van der Waals surface area contributed by atoms with E-state index in [1.54, 1.807) is 0 Å². The maximum atomic E-state index is 11.9. The number of nitrogens with zero attached hydrogens (tertiary/aromatic N) is 4. The first kappa shape index (κ1) is 16.4. The van der Waals surface area contributed by atoms with Crippen molar-refractivity contribution in [2.75, 3.05) is 11.9 Å². The molecule has 0 aromatic carbocycles. The summed E-state index contributed by atoms with van der Waals surface area (Å²) >= 11 is 0. The predicted molar refractivity (Wildman–Crippen MR) is 67.4 cm³/mol. The molecule has 0 aliphatic heterocycles. The van der Waals surface area contributed by atoms with E-state index in [1.807, 2.05) is 0 Å². The van der Waals surface area contributed by atoms with Crippen molar-refractivity contribution in [3.05, 3.63) is 34.3 Å². The molecule has 13 heteroatoms. The number of ether oxygens (including phenoxy) is 1. The van der Waals surface area contributed by atoms with Gasteiger partial charge in [-0.15, -0.1) is 5.10 Å². The normalized spacial score (nSPS) is 11.4. The Hall–Kier alpha value is -2.96. The van der Waals surface area contributed by atoms with Crippen LogP contribution in [0.3, 0.4) is 0 Å². The van der Waals surface area contributed by atoms with Crippen LogP contribution in [0.1, 0.15) is 10.5 Å². The third kappa shape index (κ3) is 4.77. The summed E-state index contributed by atoms with van der Waals surface area (Å²) in [5.41, 5.74) is -0.0611. The summed E-state index contributed by atoms with van der Waals surface area (Å²) in [6.45, 7) is -1.88. The average Bonchev–Trinajstić information content (AvgIpc) is 3.06. The van der Waals surface area contributed by atoms with Crippen LogP contribution in [0.25, 0.3) is 0 Å². The summed E-state index contributed by atoms with van der Waals surface area (Å²) < 4.78 is 41.2. The third-order valence-electron chi connectivity index (χ3n) is 2.37. The van der Waals surface area contributed by atoms with Crippen LogP contribution in [0.4, 0.5) is 24.7 Å². The number of aromatic nitrogens is 4. The molecule has 2 N–H and O–H groups in total. The van der Waals surface area contributed by atoms with Gasteiger partial charge in [-0.3, -0.25) is 4.79 Å². The van der Waals surface area contributed by atoms with Gasteiger partial charge in [0.25, 0.3) is 5.91 Å². The number of H-pyrrole nitrogens is 1. The number of halogens is 3. The number of rotatable bonds is 6. The molecule has 0 saturated carbocycles. The lowest BCUT2D eigenvalue weighted by Crippen LogP contribution is -2.18. The zero-order valence-electron chi connectivity index (χ0n) is 11.2. The van der Waals surface area contributed by atoms with E-state index in [1.165, 1.54) is 12.4 Å². The van der Waals surface area contributed by atoms with Crippen LogP contribution in [0, 0.1) is 10.1 Å². The Kier molecular flexibility index (Phi) is 4.59. The molecule has 0 aliphatic rings. The summed E-state index contributed by atoms with van der Waals surface area (Å²) in [4.78, 5) is 21.5. The van der Waals surface area contributed by atoms with Gasteiger partial charge in [0.15, 0.2) is 5.69 Å². The van der Waals surface area contributed by atoms with Crippen molar-refractivity contribution in [1.29, 1.82) is 0 Å². The Morgan fingerprint density at radius 3 is 2.87 bits per heavy atom. The average molecular weight is 334 g/mol. The highest BCUT2D eigenvalue weighted by Gasteiger charge is 2.27. The molecule has 0 aliphatic carbocycles. The van der Waals surface area contributed by atoms with E-state index >= 15 is 0 Å². The minimum absolute atomic E-state index is 0.163. The van der Waals surface area contributed by atoms with Crippen LogP contribution in [0.2, 0.25) is 0 Å². The van der Waals surface area contributed by atoms with Crippen molar-refractivity contribution in [1.82, 2.24) is 20.0 Å². The fourth-order valence-corrected chi connectivity index (χ4v) is 1.47. The molecule has 0 atom stereocenters. The summed E-state index contributed by atoms with van der Waals surface area (Å²) in [5.74, 6) is -1.20. The van der Waals surface area contributed by atoms with Crippen molar-refractivity contribution >= 4 is 17.4 Å². The Morgan fingerprint density at radius 1 is 1.52 bits per heavy atom. The zero-order chi connectivity index (χ0) is 17.0. The van der Waals surface area contributed by atoms with Gasteiger partial charge in [0.2, 0.25) is 0 Å². The fraction of sp³-hybridized carbons (Fsp3) is 0.300. The van der Waals surface area contributed by atoms with E-state index in [9.17, 15) is 28.1 Å². The summed E-state index contributed by atoms with van der Waals surface area (Å²) in [6, 6.07) is 0.937. The second kappa shape index (κ2) is 6.43. The number of nitrogens with one attached hydrogen (secondary N) is 2. The molecule has 10 nitrogen and oxygen atoms in total. The maximum absolute atomic E-state index is 11.9. The van der Waals surface area contributed by atoms with E-state index < -0.39 is 36.2 Å². The number of nitro groups is 1. The lowest BCUT2D eigenvalue weighted by Gasteiger charge is -2.07. The van der Waals surface area contributed by atoms with E-state index in [2.05, 4.69) is 25.3 Å². The van der Waals surface area contributed by atoms with Crippen LogP contribution in [-0.4, -0.2) is 43.6 Å². The highest BCUT2D eigenvalue weighted by molar-refractivity contribution is 6.02. The van der Waals surface area contributed by atoms with Gasteiger partial charge in [-0.25, -0.2) is 4.68 Å². The number of carbonyl (C=O) groups is 1. The van der Waals surface area contributed by atoms with Crippen molar-refractivity contribution in [2.45, 2.75) is 12.9 Å². The molecule has 2 aromatic rings. The molecule has 0 spiro atoms.